The lowest BCUT2D eigenvalue weighted by atomic mass is 10.1. The number of ether oxygens (including phenoxy) is 2. The zero-order valence-electron chi connectivity index (χ0n) is 21.3. The smallest absolute Gasteiger partial charge is 0.256 e. The van der Waals surface area contributed by atoms with Gasteiger partial charge in [0.2, 0.25) is 0 Å². The summed E-state index contributed by atoms with van der Waals surface area (Å²) in [5.41, 5.74) is 1.17. The Morgan fingerprint density at radius 3 is 2.29 bits per heavy atom. The molecule has 3 heterocycles. The fourth-order valence-electron chi connectivity index (χ4n) is 4.65. The van der Waals surface area contributed by atoms with Gasteiger partial charge in [-0.15, -0.1) is 0 Å². The second kappa shape index (κ2) is 10.2. The summed E-state index contributed by atoms with van der Waals surface area (Å²) in [5, 5.41) is 13.4. The van der Waals surface area contributed by atoms with E-state index >= 15 is 0 Å². The maximum atomic E-state index is 14.9. The molecule has 1 saturated heterocycles. The number of nitrogens with zero attached hydrogens (tertiary/aromatic N) is 4. The topological polar surface area (TPSA) is 117 Å². The number of nitrogens with one attached hydrogen (secondary N) is 3. The Morgan fingerprint density at radius 1 is 1.05 bits per heavy atom. The number of hydrogen-bond donors (Lipinski definition) is 3. The van der Waals surface area contributed by atoms with E-state index in [1.54, 1.807) is 12.1 Å². The third-order valence-electron chi connectivity index (χ3n) is 6.40. The third kappa shape index (κ3) is 4.70. The first-order valence-corrected chi connectivity index (χ1v) is 12.0. The van der Waals surface area contributed by atoms with Crippen molar-refractivity contribution in [3.05, 3.63) is 53.7 Å². The lowest BCUT2D eigenvalue weighted by Crippen LogP contribution is -2.54. The van der Waals surface area contributed by atoms with Crippen molar-refractivity contribution in [2.24, 2.45) is 0 Å². The normalized spacial score (nSPS) is 17.5. The number of fused-ring (bicyclic) bond motifs is 1. The van der Waals surface area contributed by atoms with E-state index in [1.807, 2.05) is 12.1 Å². The zero-order valence-corrected chi connectivity index (χ0v) is 21.3. The van der Waals surface area contributed by atoms with Gasteiger partial charge in [0.05, 0.1) is 25.2 Å². The summed E-state index contributed by atoms with van der Waals surface area (Å²) < 4.78 is 39.8. The van der Waals surface area contributed by atoms with Crippen molar-refractivity contribution in [2.45, 2.75) is 25.9 Å². The number of halogens is 2. The number of benzene rings is 2. The number of carbonyl (C=O) groups is 1. The van der Waals surface area contributed by atoms with Crippen molar-refractivity contribution in [1.29, 1.82) is 0 Å². The molecule has 1 aliphatic rings. The number of carbonyl (C=O) groups excluding carboxylic acids is 1. The molecule has 0 saturated carbocycles. The number of aromatic amines is 1. The molecule has 3 N–H and O–H groups in total. The maximum Gasteiger partial charge on any atom is 0.256 e. The summed E-state index contributed by atoms with van der Waals surface area (Å²) in [7, 11) is 2.51. The van der Waals surface area contributed by atoms with E-state index in [4.69, 9.17) is 9.47 Å². The Morgan fingerprint density at radius 2 is 1.68 bits per heavy atom. The first kappa shape index (κ1) is 25.3. The summed E-state index contributed by atoms with van der Waals surface area (Å²) in [6.07, 6.45) is 1.33. The molecule has 0 aliphatic carbocycles. The molecular formula is C26H27F2N7O3. The van der Waals surface area contributed by atoms with E-state index in [0.29, 0.717) is 23.0 Å². The molecule has 0 bridgehead atoms. The van der Waals surface area contributed by atoms with Crippen LogP contribution in [0.4, 0.5) is 20.3 Å². The minimum atomic E-state index is -0.966. The first-order chi connectivity index (χ1) is 18.3. The number of H-pyrrole nitrogens is 1. The number of methoxy groups -OCH3 is 2. The van der Waals surface area contributed by atoms with Gasteiger partial charge in [-0.1, -0.05) is 0 Å². The van der Waals surface area contributed by atoms with Crippen LogP contribution < -0.4 is 25.0 Å². The lowest BCUT2D eigenvalue weighted by molar-refractivity contribution is 0.102. The molecule has 0 radical (unpaired) electrons. The van der Waals surface area contributed by atoms with Crippen molar-refractivity contribution in [3.63, 3.8) is 0 Å². The van der Waals surface area contributed by atoms with Crippen LogP contribution in [0.5, 0.6) is 11.5 Å². The van der Waals surface area contributed by atoms with Crippen molar-refractivity contribution < 1.29 is 23.0 Å². The molecule has 2 aromatic carbocycles. The Kier molecular flexibility index (Phi) is 6.81. The highest BCUT2D eigenvalue weighted by Gasteiger charge is 2.25. The Balaban J connectivity index is 1.37. The van der Waals surface area contributed by atoms with Gasteiger partial charge in [-0.2, -0.15) is 5.10 Å². The Bertz CT molecular complexity index is 1450. The van der Waals surface area contributed by atoms with Crippen LogP contribution in [-0.2, 0) is 0 Å². The number of anilines is 2. The third-order valence-corrected chi connectivity index (χ3v) is 6.40. The van der Waals surface area contributed by atoms with Crippen molar-refractivity contribution in [3.8, 4) is 22.9 Å². The standard InChI is InChI=1S/C26H27F2N7O3/c1-13-11-35(12-14(2)30-13)16-7-5-15(6-8-16)26(36)32-24-17-10-29-25(31-23(17)33-34-24)20-21(27)18(37-3)9-19(38-4)22(20)28/h5-10,13-14,30H,11-12H2,1-4H3,(H2,29,31,32,33,34,36)/t13-,14+. The molecule has 198 valence electrons. The number of hydrogen-bond acceptors (Lipinski definition) is 8. The average Bonchev–Trinajstić information content (AvgIpc) is 3.30. The molecule has 1 fully saturated rings. The van der Waals surface area contributed by atoms with Crippen LogP contribution in [0.3, 0.4) is 0 Å². The minimum Gasteiger partial charge on any atom is -0.494 e. The first-order valence-electron chi connectivity index (χ1n) is 12.0. The van der Waals surface area contributed by atoms with Gasteiger partial charge >= 0.3 is 0 Å². The maximum absolute atomic E-state index is 14.9. The SMILES string of the molecule is COc1cc(OC)c(F)c(-c2ncc3c(NC(=O)c4ccc(N5C[C@@H](C)N[C@@H](C)C5)cc4)n[nH]c3n2)c1F. The van der Waals surface area contributed by atoms with E-state index in [0.717, 1.165) is 24.8 Å². The second-order valence-electron chi connectivity index (χ2n) is 9.19. The largest absolute Gasteiger partial charge is 0.494 e. The van der Waals surface area contributed by atoms with Crippen LogP contribution in [0.1, 0.15) is 24.2 Å². The van der Waals surface area contributed by atoms with Gasteiger partial charge in [0.15, 0.2) is 40.4 Å². The molecule has 2 aromatic heterocycles. The molecule has 5 rings (SSSR count). The molecule has 38 heavy (non-hydrogen) atoms. The molecule has 0 spiro atoms. The summed E-state index contributed by atoms with van der Waals surface area (Å²) >= 11 is 0. The second-order valence-corrected chi connectivity index (χ2v) is 9.19. The van der Waals surface area contributed by atoms with Crippen LogP contribution in [-0.4, -0.2) is 65.5 Å². The predicted molar refractivity (Wildman–Crippen MR) is 139 cm³/mol. The van der Waals surface area contributed by atoms with Crippen molar-refractivity contribution >= 4 is 28.4 Å². The quantitative estimate of drug-likeness (QED) is 0.350. The van der Waals surface area contributed by atoms with Crippen LogP contribution in [0.15, 0.2) is 36.5 Å². The van der Waals surface area contributed by atoms with E-state index in [1.165, 1.54) is 20.4 Å². The summed E-state index contributed by atoms with van der Waals surface area (Å²) in [6.45, 7) is 6.05. The van der Waals surface area contributed by atoms with E-state index in [9.17, 15) is 13.6 Å². The Hall–Kier alpha value is -4.32. The van der Waals surface area contributed by atoms with Crippen LogP contribution in [0, 0.1) is 11.6 Å². The molecule has 12 heteroatoms. The van der Waals surface area contributed by atoms with Crippen LogP contribution in [0.2, 0.25) is 0 Å². The fraction of sp³-hybridized carbons (Fsp3) is 0.308. The highest BCUT2D eigenvalue weighted by atomic mass is 19.1. The highest BCUT2D eigenvalue weighted by molar-refractivity contribution is 6.07. The fourth-order valence-corrected chi connectivity index (χ4v) is 4.65. The number of amides is 1. The monoisotopic (exact) mass is 523 g/mol. The Labute approximate surface area is 217 Å². The zero-order chi connectivity index (χ0) is 27.0. The van der Waals surface area contributed by atoms with E-state index in [2.05, 4.69) is 49.5 Å². The van der Waals surface area contributed by atoms with Crippen molar-refractivity contribution in [1.82, 2.24) is 25.5 Å². The number of aromatic nitrogens is 4. The van der Waals surface area contributed by atoms with Gasteiger partial charge in [0.1, 0.15) is 0 Å². The van der Waals surface area contributed by atoms with Gasteiger partial charge in [0, 0.05) is 48.7 Å². The molecular weight excluding hydrogens is 496 g/mol. The summed E-state index contributed by atoms with van der Waals surface area (Å²) in [5.74, 6) is -2.78. The molecule has 1 amide bonds. The van der Waals surface area contributed by atoms with Crippen LogP contribution in [0.25, 0.3) is 22.4 Å². The average molecular weight is 524 g/mol. The van der Waals surface area contributed by atoms with Gasteiger partial charge < -0.3 is 25.0 Å². The highest BCUT2D eigenvalue weighted by Crippen LogP contribution is 2.36. The summed E-state index contributed by atoms with van der Waals surface area (Å²) in [4.78, 5) is 23.5. The van der Waals surface area contributed by atoms with E-state index < -0.39 is 17.2 Å². The number of rotatable bonds is 6. The molecule has 2 atom stereocenters. The predicted octanol–water partition coefficient (Wildman–Crippen LogP) is 3.75. The molecule has 10 nitrogen and oxygen atoms in total. The molecule has 0 unspecified atom stereocenters. The molecule has 4 aromatic rings. The van der Waals surface area contributed by atoms with Gasteiger partial charge in [0.25, 0.3) is 5.91 Å². The van der Waals surface area contributed by atoms with Gasteiger partial charge in [-0.05, 0) is 38.1 Å². The van der Waals surface area contributed by atoms with Crippen LogP contribution >= 0.6 is 0 Å². The minimum absolute atomic E-state index is 0.184. The lowest BCUT2D eigenvalue weighted by Gasteiger charge is -2.37. The van der Waals surface area contributed by atoms with Gasteiger partial charge in [-0.3, -0.25) is 9.89 Å². The van der Waals surface area contributed by atoms with Crippen molar-refractivity contribution in [2.75, 3.05) is 37.5 Å². The summed E-state index contributed by atoms with van der Waals surface area (Å²) in [6, 6.07) is 9.20. The van der Waals surface area contributed by atoms with E-state index in [-0.39, 0.29) is 34.7 Å². The number of piperazine rings is 1. The van der Waals surface area contributed by atoms with Gasteiger partial charge in [-0.25, -0.2) is 18.7 Å². The molecule has 1 aliphatic heterocycles.